The number of para-hydroxylation sites is 1. The number of halogens is 3. The molecule has 2 fully saturated rings. The summed E-state index contributed by atoms with van der Waals surface area (Å²) < 4.78 is 40.3. The summed E-state index contributed by atoms with van der Waals surface area (Å²) in [6.45, 7) is 2.19. The molecule has 0 aromatic heterocycles. The van der Waals surface area contributed by atoms with E-state index < -0.39 is 11.7 Å². The van der Waals surface area contributed by atoms with Crippen molar-refractivity contribution in [2.24, 2.45) is 5.92 Å². The predicted octanol–water partition coefficient (Wildman–Crippen LogP) is 6.49. The van der Waals surface area contributed by atoms with E-state index in [1.54, 1.807) is 0 Å². The Morgan fingerprint density at radius 2 is 1.74 bits per heavy atom. The minimum atomic E-state index is -4.45. The van der Waals surface area contributed by atoms with Crippen molar-refractivity contribution >= 4 is 29.0 Å². The van der Waals surface area contributed by atoms with Crippen molar-refractivity contribution in [1.82, 2.24) is 4.90 Å². The second-order valence-corrected chi connectivity index (χ2v) is 9.77. The van der Waals surface area contributed by atoms with Gasteiger partial charge in [-0.05, 0) is 75.0 Å². The van der Waals surface area contributed by atoms with E-state index in [-0.39, 0.29) is 11.8 Å². The van der Waals surface area contributed by atoms with Crippen molar-refractivity contribution in [1.29, 1.82) is 0 Å². The Kier molecular flexibility index (Phi) is 5.51. The number of carbonyl (C=O) groups excluding carboxylic acids is 1. The molecule has 164 valence electrons. The van der Waals surface area contributed by atoms with Crippen molar-refractivity contribution in [3.05, 3.63) is 48.0 Å². The van der Waals surface area contributed by atoms with Gasteiger partial charge in [-0.1, -0.05) is 30.3 Å². The molecule has 0 spiro atoms. The van der Waals surface area contributed by atoms with Crippen LogP contribution in [-0.2, 0) is 11.0 Å². The fourth-order valence-corrected chi connectivity index (χ4v) is 6.37. The molecule has 0 N–H and O–H groups in total. The van der Waals surface area contributed by atoms with Crippen molar-refractivity contribution in [3.8, 4) is 0 Å². The maximum absolute atomic E-state index is 13.6. The Balaban J connectivity index is 1.49. The normalized spacial score (nSPS) is 23.6. The van der Waals surface area contributed by atoms with Gasteiger partial charge >= 0.3 is 6.18 Å². The van der Waals surface area contributed by atoms with E-state index in [1.165, 1.54) is 35.6 Å². The van der Waals surface area contributed by atoms with Crippen molar-refractivity contribution in [2.75, 3.05) is 18.0 Å². The quantitative estimate of drug-likeness (QED) is 0.527. The molecule has 0 bridgehead atoms. The van der Waals surface area contributed by atoms with Crippen molar-refractivity contribution in [3.63, 3.8) is 0 Å². The number of anilines is 2. The molecule has 3 aliphatic rings. The first-order valence-corrected chi connectivity index (χ1v) is 11.8. The third-order valence-electron chi connectivity index (χ3n) is 6.77. The highest BCUT2D eigenvalue weighted by molar-refractivity contribution is 7.99. The maximum atomic E-state index is 13.6. The van der Waals surface area contributed by atoms with Gasteiger partial charge in [0.2, 0.25) is 5.91 Å². The Labute approximate surface area is 184 Å². The zero-order valence-corrected chi connectivity index (χ0v) is 18.0. The van der Waals surface area contributed by atoms with Crippen LogP contribution in [0.4, 0.5) is 24.5 Å². The van der Waals surface area contributed by atoms with E-state index in [0.717, 1.165) is 49.4 Å². The van der Waals surface area contributed by atoms with Gasteiger partial charge in [-0.3, -0.25) is 9.69 Å². The smallest absolute Gasteiger partial charge is 0.300 e. The van der Waals surface area contributed by atoms with Crippen molar-refractivity contribution in [2.45, 2.75) is 60.5 Å². The number of alkyl halides is 3. The standard InChI is InChI=1S/C24H25F3N2OS/c25-24(26,27)17-10-11-22-20(15-17)29(19-8-1-2-9-21(19)31-22)23(30)14-16-6-5-13-28-12-4-3-7-18(16)28/h1-2,8-11,15-16,18H,3-7,12-14H2/t16-,18-/m1/s1. The number of amides is 1. The summed E-state index contributed by atoms with van der Waals surface area (Å²) in [5, 5.41) is 0. The Bertz CT molecular complexity index is 991. The third kappa shape index (κ3) is 3.98. The average molecular weight is 447 g/mol. The van der Waals surface area contributed by atoms with Gasteiger partial charge < -0.3 is 4.90 Å². The number of rotatable bonds is 2. The van der Waals surface area contributed by atoms with E-state index in [4.69, 9.17) is 0 Å². The highest BCUT2D eigenvalue weighted by Crippen LogP contribution is 2.50. The lowest BCUT2D eigenvalue weighted by molar-refractivity contribution is -0.137. The molecule has 5 rings (SSSR count). The van der Waals surface area contributed by atoms with E-state index in [0.29, 0.717) is 28.7 Å². The van der Waals surface area contributed by atoms with Crippen LogP contribution in [0.3, 0.4) is 0 Å². The number of carbonyl (C=O) groups is 1. The second-order valence-electron chi connectivity index (χ2n) is 8.68. The summed E-state index contributed by atoms with van der Waals surface area (Å²) in [5.41, 5.74) is 0.306. The minimum absolute atomic E-state index is 0.106. The largest absolute Gasteiger partial charge is 0.416 e. The van der Waals surface area contributed by atoms with Gasteiger partial charge in [0.05, 0.1) is 16.9 Å². The first kappa shape index (κ1) is 20.9. The first-order valence-electron chi connectivity index (χ1n) is 11.0. The molecular weight excluding hydrogens is 421 g/mol. The molecule has 7 heteroatoms. The number of piperidine rings is 2. The summed E-state index contributed by atoms with van der Waals surface area (Å²) in [4.78, 5) is 19.3. The molecule has 0 aliphatic carbocycles. The number of hydrogen-bond donors (Lipinski definition) is 0. The predicted molar refractivity (Wildman–Crippen MR) is 116 cm³/mol. The highest BCUT2D eigenvalue weighted by Gasteiger charge is 2.38. The van der Waals surface area contributed by atoms with Crippen LogP contribution in [0.1, 0.15) is 44.1 Å². The number of hydrogen-bond acceptors (Lipinski definition) is 3. The monoisotopic (exact) mass is 446 g/mol. The summed E-state index contributed by atoms with van der Waals surface area (Å²) in [5.74, 6) is 0.156. The third-order valence-corrected chi connectivity index (χ3v) is 7.90. The van der Waals surface area contributed by atoms with Gasteiger partial charge in [-0.25, -0.2) is 0 Å². The number of nitrogens with zero attached hydrogens (tertiary/aromatic N) is 2. The van der Waals surface area contributed by atoms with Crippen LogP contribution in [0.25, 0.3) is 0 Å². The SMILES string of the molecule is O=C(C[C@H]1CCCN2CCCC[C@H]12)N1c2ccccc2Sc2ccc(C(F)(F)F)cc21. The van der Waals surface area contributed by atoms with Gasteiger partial charge in [0.25, 0.3) is 0 Å². The van der Waals surface area contributed by atoms with Crippen LogP contribution in [0.5, 0.6) is 0 Å². The fraction of sp³-hybridized carbons (Fsp3) is 0.458. The van der Waals surface area contributed by atoms with Crippen LogP contribution in [0.15, 0.2) is 52.3 Å². The molecule has 2 atom stereocenters. The number of fused-ring (bicyclic) bond motifs is 3. The van der Waals surface area contributed by atoms with Gasteiger partial charge in [-0.15, -0.1) is 0 Å². The topological polar surface area (TPSA) is 23.6 Å². The van der Waals surface area contributed by atoms with Crippen LogP contribution in [0.2, 0.25) is 0 Å². The molecular formula is C24H25F3N2OS. The molecule has 0 saturated carbocycles. The van der Waals surface area contributed by atoms with E-state index in [2.05, 4.69) is 4.90 Å². The second kappa shape index (κ2) is 8.17. The average Bonchev–Trinajstić information content (AvgIpc) is 2.76. The lowest BCUT2D eigenvalue weighted by Gasteiger charge is -2.44. The fourth-order valence-electron chi connectivity index (χ4n) is 5.33. The summed E-state index contributed by atoms with van der Waals surface area (Å²) in [6, 6.07) is 11.6. The van der Waals surface area contributed by atoms with Gasteiger partial charge in [0, 0.05) is 22.3 Å². The molecule has 1 amide bonds. The number of benzene rings is 2. The van der Waals surface area contributed by atoms with E-state index in [1.807, 2.05) is 24.3 Å². The Morgan fingerprint density at radius 1 is 0.968 bits per heavy atom. The maximum Gasteiger partial charge on any atom is 0.416 e. The molecule has 0 unspecified atom stereocenters. The van der Waals surface area contributed by atoms with Crippen LogP contribution in [0, 0.1) is 5.92 Å². The van der Waals surface area contributed by atoms with E-state index in [9.17, 15) is 18.0 Å². The summed E-state index contributed by atoms with van der Waals surface area (Å²) in [6.07, 6.45) is 1.52. The molecule has 3 heterocycles. The molecule has 2 aromatic carbocycles. The molecule has 3 aliphatic heterocycles. The Hall–Kier alpha value is -1.99. The van der Waals surface area contributed by atoms with Gasteiger partial charge in [-0.2, -0.15) is 13.2 Å². The zero-order valence-electron chi connectivity index (χ0n) is 17.2. The lowest BCUT2D eigenvalue weighted by Crippen LogP contribution is -2.49. The minimum Gasteiger partial charge on any atom is -0.300 e. The summed E-state index contributed by atoms with van der Waals surface area (Å²) in [7, 11) is 0. The molecule has 3 nitrogen and oxygen atoms in total. The lowest BCUT2D eigenvalue weighted by atomic mass is 9.81. The summed E-state index contributed by atoms with van der Waals surface area (Å²) >= 11 is 1.42. The molecule has 31 heavy (non-hydrogen) atoms. The van der Waals surface area contributed by atoms with E-state index >= 15 is 0 Å². The highest BCUT2D eigenvalue weighted by atomic mass is 32.2. The van der Waals surface area contributed by atoms with Gasteiger partial charge in [0.1, 0.15) is 0 Å². The molecule has 2 saturated heterocycles. The van der Waals surface area contributed by atoms with Gasteiger partial charge in [0.15, 0.2) is 0 Å². The zero-order chi connectivity index (χ0) is 21.6. The molecule has 0 radical (unpaired) electrons. The Morgan fingerprint density at radius 3 is 2.58 bits per heavy atom. The van der Waals surface area contributed by atoms with Crippen LogP contribution >= 0.6 is 11.8 Å². The first-order chi connectivity index (χ1) is 14.9. The molecule has 2 aromatic rings. The van der Waals surface area contributed by atoms with Crippen LogP contribution < -0.4 is 4.90 Å². The van der Waals surface area contributed by atoms with Crippen molar-refractivity contribution < 1.29 is 18.0 Å². The van der Waals surface area contributed by atoms with Crippen LogP contribution in [-0.4, -0.2) is 29.9 Å².